The fourth-order valence-electron chi connectivity index (χ4n) is 3.10. The molecule has 1 saturated heterocycles. The van der Waals surface area contributed by atoms with Gasteiger partial charge in [-0.05, 0) is 44.4 Å². The minimum atomic E-state index is -0.349. The predicted octanol–water partition coefficient (Wildman–Crippen LogP) is 2.43. The van der Waals surface area contributed by atoms with Gasteiger partial charge in [0.1, 0.15) is 11.6 Å². The summed E-state index contributed by atoms with van der Waals surface area (Å²) in [4.78, 5) is 33.6. The van der Waals surface area contributed by atoms with E-state index in [0.717, 1.165) is 12.8 Å². The Hall–Kier alpha value is -2.50. The summed E-state index contributed by atoms with van der Waals surface area (Å²) in [5, 5.41) is 0. The Morgan fingerprint density at radius 3 is 2.92 bits per heavy atom. The lowest BCUT2D eigenvalue weighted by molar-refractivity contribution is -0.131. The molecule has 0 unspecified atom stereocenters. The summed E-state index contributed by atoms with van der Waals surface area (Å²) in [6.07, 6.45) is 1.76. The van der Waals surface area contributed by atoms with Gasteiger partial charge < -0.3 is 9.88 Å². The number of rotatable bonds is 3. The maximum atomic E-state index is 13.3. The van der Waals surface area contributed by atoms with Crippen LogP contribution in [0.5, 0.6) is 0 Å². The molecule has 1 amide bonds. The molecule has 0 saturated carbocycles. The van der Waals surface area contributed by atoms with Crippen molar-refractivity contribution >= 4 is 5.91 Å². The van der Waals surface area contributed by atoms with E-state index >= 15 is 0 Å². The number of aromatic amines is 1. The summed E-state index contributed by atoms with van der Waals surface area (Å²) >= 11 is 0. The highest BCUT2D eigenvalue weighted by atomic mass is 19.1. The zero-order valence-corrected chi connectivity index (χ0v) is 13.8. The van der Waals surface area contributed by atoms with E-state index in [9.17, 15) is 14.0 Å². The lowest BCUT2D eigenvalue weighted by atomic mass is 10.1. The highest BCUT2D eigenvalue weighted by Crippen LogP contribution is 2.30. The second-order valence-electron chi connectivity index (χ2n) is 6.21. The third kappa shape index (κ3) is 3.22. The zero-order chi connectivity index (χ0) is 17.3. The quantitative estimate of drug-likeness (QED) is 0.940. The number of carbonyl (C=O) groups excluding carboxylic acids is 1. The Labute approximate surface area is 139 Å². The number of nitrogens with zero attached hydrogens (tertiary/aromatic N) is 2. The molecule has 1 N–H and O–H groups in total. The van der Waals surface area contributed by atoms with Crippen LogP contribution in [0.2, 0.25) is 0 Å². The van der Waals surface area contributed by atoms with Gasteiger partial charge in [-0.2, -0.15) is 0 Å². The summed E-state index contributed by atoms with van der Waals surface area (Å²) in [6, 6.07) is 5.84. The molecule has 1 fully saturated rings. The van der Waals surface area contributed by atoms with E-state index in [1.165, 1.54) is 12.1 Å². The van der Waals surface area contributed by atoms with Crippen molar-refractivity contribution in [1.29, 1.82) is 0 Å². The average Bonchev–Trinajstić information content (AvgIpc) is 3.02. The van der Waals surface area contributed by atoms with Crippen LogP contribution in [0.1, 0.15) is 41.5 Å². The SMILES string of the molecule is Cc1nc([C@H]2CCCN2C(=O)Cc2cccc(F)c2)[nH]c(=O)c1C. The van der Waals surface area contributed by atoms with Gasteiger partial charge in [-0.25, -0.2) is 9.37 Å². The molecule has 0 bridgehead atoms. The molecule has 1 aromatic heterocycles. The third-order valence-corrected chi connectivity index (χ3v) is 4.55. The van der Waals surface area contributed by atoms with Crippen LogP contribution >= 0.6 is 0 Å². The molecule has 1 aliphatic heterocycles. The summed E-state index contributed by atoms with van der Waals surface area (Å²) in [5.74, 6) is 0.107. The standard InChI is InChI=1S/C18H20FN3O2/c1-11-12(2)20-17(21-18(11)24)15-7-4-8-22(15)16(23)10-13-5-3-6-14(19)9-13/h3,5-6,9,15H,4,7-8,10H2,1-2H3,(H,20,21,24)/t15-/m1/s1. The van der Waals surface area contributed by atoms with Gasteiger partial charge in [0.2, 0.25) is 5.91 Å². The molecule has 2 aromatic rings. The molecule has 24 heavy (non-hydrogen) atoms. The van der Waals surface area contributed by atoms with Crippen LogP contribution in [-0.2, 0) is 11.2 Å². The van der Waals surface area contributed by atoms with Crippen LogP contribution in [0.15, 0.2) is 29.1 Å². The molecule has 0 aliphatic carbocycles. The van der Waals surface area contributed by atoms with Crippen LogP contribution in [-0.4, -0.2) is 27.3 Å². The second-order valence-corrected chi connectivity index (χ2v) is 6.21. The Morgan fingerprint density at radius 2 is 2.21 bits per heavy atom. The molecule has 3 rings (SSSR count). The van der Waals surface area contributed by atoms with Gasteiger partial charge in [0, 0.05) is 17.8 Å². The van der Waals surface area contributed by atoms with Crippen molar-refractivity contribution in [2.75, 3.05) is 6.54 Å². The maximum Gasteiger partial charge on any atom is 0.254 e. The van der Waals surface area contributed by atoms with Gasteiger partial charge in [-0.1, -0.05) is 12.1 Å². The van der Waals surface area contributed by atoms with E-state index in [-0.39, 0.29) is 29.7 Å². The number of nitrogens with one attached hydrogen (secondary N) is 1. The van der Waals surface area contributed by atoms with Crippen molar-refractivity contribution in [1.82, 2.24) is 14.9 Å². The number of amides is 1. The van der Waals surface area contributed by atoms with Gasteiger partial charge in [0.15, 0.2) is 0 Å². The summed E-state index contributed by atoms with van der Waals surface area (Å²) in [6.45, 7) is 4.14. The topological polar surface area (TPSA) is 66.1 Å². The fraction of sp³-hybridized carbons (Fsp3) is 0.389. The number of aryl methyl sites for hydroxylation is 1. The Bertz CT molecular complexity index is 831. The molecule has 1 atom stereocenters. The number of halogens is 1. The highest BCUT2D eigenvalue weighted by molar-refractivity contribution is 5.79. The van der Waals surface area contributed by atoms with Crippen molar-refractivity contribution in [3.63, 3.8) is 0 Å². The monoisotopic (exact) mass is 329 g/mol. The summed E-state index contributed by atoms with van der Waals surface area (Å²) in [7, 11) is 0. The first kappa shape index (κ1) is 16.4. The molecule has 1 aliphatic rings. The number of H-pyrrole nitrogens is 1. The van der Waals surface area contributed by atoms with Gasteiger partial charge in [0.25, 0.3) is 5.56 Å². The third-order valence-electron chi connectivity index (χ3n) is 4.55. The molecular weight excluding hydrogens is 309 g/mol. The molecule has 2 heterocycles. The maximum absolute atomic E-state index is 13.3. The number of aromatic nitrogens is 2. The predicted molar refractivity (Wildman–Crippen MR) is 88.1 cm³/mol. The smallest absolute Gasteiger partial charge is 0.254 e. The lowest BCUT2D eigenvalue weighted by Gasteiger charge is -2.24. The summed E-state index contributed by atoms with van der Waals surface area (Å²) in [5.41, 5.74) is 1.75. The van der Waals surface area contributed by atoms with E-state index in [1.807, 2.05) is 0 Å². The first-order valence-corrected chi connectivity index (χ1v) is 8.07. The van der Waals surface area contributed by atoms with Crippen LogP contribution in [0.25, 0.3) is 0 Å². The molecule has 1 aromatic carbocycles. The van der Waals surface area contributed by atoms with E-state index in [0.29, 0.717) is 29.2 Å². The molecule has 0 radical (unpaired) electrons. The van der Waals surface area contributed by atoms with Gasteiger partial charge in [-0.3, -0.25) is 9.59 Å². The van der Waals surface area contributed by atoms with Crippen LogP contribution in [0.3, 0.4) is 0 Å². The molecule has 5 nitrogen and oxygen atoms in total. The van der Waals surface area contributed by atoms with Crippen molar-refractivity contribution < 1.29 is 9.18 Å². The molecular formula is C18H20FN3O2. The fourth-order valence-corrected chi connectivity index (χ4v) is 3.10. The Kier molecular flexibility index (Phi) is 4.46. The van der Waals surface area contributed by atoms with Crippen LogP contribution in [0.4, 0.5) is 4.39 Å². The van der Waals surface area contributed by atoms with Gasteiger partial charge in [0.05, 0.1) is 12.5 Å². The number of hydrogen-bond acceptors (Lipinski definition) is 3. The highest BCUT2D eigenvalue weighted by Gasteiger charge is 2.31. The largest absolute Gasteiger partial charge is 0.332 e. The molecule has 0 spiro atoms. The van der Waals surface area contributed by atoms with E-state index < -0.39 is 0 Å². The van der Waals surface area contributed by atoms with Crippen LogP contribution < -0.4 is 5.56 Å². The van der Waals surface area contributed by atoms with Crippen molar-refractivity contribution in [3.8, 4) is 0 Å². The van der Waals surface area contributed by atoms with Gasteiger partial charge >= 0.3 is 0 Å². The average molecular weight is 329 g/mol. The van der Waals surface area contributed by atoms with Crippen molar-refractivity contribution in [2.45, 2.75) is 39.2 Å². The number of likely N-dealkylation sites (tertiary alicyclic amines) is 1. The molecule has 126 valence electrons. The second kappa shape index (κ2) is 6.55. The normalized spacial score (nSPS) is 17.3. The minimum Gasteiger partial charge on any atom is -0.332 e. The first-order chi connectivity index (χ1) is 11.5. The van der Waals surface area contributed by atoms with Gasteiger partial charge in [-0.15, -0.1) is 0 Å². The first-order valence-electron chi connectivity index (χ1n) is 8.07. The summed E-state index contributed by atoms with van der Waals surface area (Å²) < 4.78 is 13.3. The lowest BCUT2D eigenvalue weighted by Crippen LogP contribution is -2.34. The van der Waals surface area contributed by atoms with E-state index in [1.54, 1.807) is 30.9 Å². The molecule has 6 heteroatoms. The van der Waals surface area contributed by atoms with Crippen molar-refractivity contribution in [2.24, 2.45) is 0 Å². The zero-order valence-electron chi connectivity index (χ0n) is 13.8. The van der Waals surface area contributed by atoms with E-state index in [2.05, 4.69) is 9.97 Å². The Balaban J connectivity index is 1.83. The Morgan fingerprint density at radius 1 is 1.42 bits per heavy atom. The van der Waals surface area contributed by atoms with Crippen LogP contribution in [0, 0.1) is 19.7 Å². The number of carbonyl (C=O) groups is 1. The number of benzene rings is 1. The van der Waals surface area contributed by atoms with E-state index in [4.69, 9.17) is 0 Å². The van der Waals surface area contributed by atoms with Crippen molar-refractivity contribution in [3.05, 3.63) is 63.1 Å². The minimum absolute atomic E-state index is 0.0797. The number of hydrogen-bond donors (Lipinski definition) is 1.